The quantitative estimate of drug-likeness (QED) is 0.855. The van der Waals surface area contributed by atoms with E-state index in [0.717, 1.165) is 12.1 Å². The minimum Gasteiger partial charge on any atom is -0.477 e. The molecular weight excluding hydrogens is 202 g/mol. The van der Waals surface area contributed by atoms with Crippen LogP contribution in [0.2, 0.25) is 0 Å². The van der Waals surface area contributed by atoms with Gasteiger partial charge in [-0.05, 0) is 23.0 Å². The Hall–Kier alpha value is -1.25. The van der Waals surface area contributed by atoms with Gasteiger partial charge in [0.1, 0.15) is 5.69 Å². The van der Waals surface area contributed by atoms with Crippen molar-refractivity contribution in [2.45, 2.75) is 46.6 Å². The van der Waals surface area contributed by atoms with E-state index in [-0.39, 0.29) is 5.41 Å². The van der Waals surface area contributed by atoms with Crippen LogP contribution in [-0.4, -0.2) is 15.6 Å². The molecule has 0 saturated carbocycles. The van der Waals surface area contributed by atoms with E-state index in [2.05, 4.69) is 34.6 Å². The van der Waals surface area contributed by atoms with E-state index in [1.165, 1.54) is 0 Å². The molecule has 3 heteroatoms. The lowest BCUT2D eigenvalue weighted by molar-refractivity contribution is 0.0684. The van der Waals surface area contributed by atoms with Crippen molar-refractivity contribution in [3.05, 3.63) is 23.5 Å². The summed E-state index contributed by atoms with van der Waals surface area (Å²) in [5, 5.41) is 9.14. The molecule has 0 saturated heterocycles. The van der Waals surface area contributed by atoms with Crippen LogP contribution in [0.4, 0.5) is 0 Å². The number of nitrogens with zero attached hydrogens (tertiary/aromatic N) is 1. The molecule has 0 fully saturated rings. The number of carboxylic acid groups (broad SMARTS) is 1. The number of carboxylic acids is 1. The van der Waals surface area contributed by atoms with E-state index in [1.54, 1.807) is 6.07 Å². The van der Waals surface area contributed by atoms with E-state index in [1.807, 2.05) is 10.8 Å². The van der Waals surface area contributed by atoms with Crippen LogP contribution in [0.1, 0.15) is 50.7 Å². The van der Waals surface area contributed by atoms with E-state index in [0.29, 0.717) is 11.6 Å². The fraction of sp³-hybridized carbons (Fsp3) is 0.615. The Morgan fingerprint density at radius 3 is 2.38 bits per heavy atom. The smallest absolute Gasteiger partial charge is 0.352 e. The monoisotopic (exact) mass is 223 g/mol. The second-order valence-corrected chi connectivity index (χ2v) is 5.72. The maximum Gasteiger partial charge on any atom is 0.352 e. The molecule has 90 valence electrons. The molecule has 0 bridgehead atoms. The fourth-order valence-corrected chi connectivity index (χ4v) is 1.64. The van der Waals surface area contributed by atoms with Crippen LogP contribution in [0.15, 0.2) is 12.3 Å². The van der Waals surface area contributed by atoms with Gasteiger partial charge in [0.25, 0.3) is 0 Å². The first-order chi connectivity index (χ1) is 7.21. The highest BCUT2D eigenvalue weighted by Gasteiger charge is 2.20. The number of aromatic carboxylic acids is 1. The molecule has 0 atom stereocenters. The lowest BCUT2D eigenvalue weighted by Gasteiger charge is -2.16. The summed E-state index contributed by atoms with van der Waals surface area (Å²) in [5.74, 6) is -0.408. The van der Waals surface area contributed by atoms with Gasteiger partial charge in [-0.3, -0.25) is 0 Å². The summed E-state index contributed by atoms with van der Waals surface area (Å²) in [6.07, 6.45) is 1.96. The Kier molecular flexibility index (Phi) is 3.46. The van der Waals surface area contributed by atoms with Gasteiger partial charge in [-0.2, -0.15) is 0 Å². The average molecular weight is 223 g/mol. The van der Waals surface area contributed by atoms with Crippen molar-refractivity contribution in [3.8, 4) is 0 Å². The van der Waals surface area contributed by atoms with Gasteiger partial charge in [-0.1, -0.05) is 34.6 Å². The van der Waals surface area contributed by atoms with Crippen LogP contribution in [0.25, 0.3) is 0 Å². The predicted molar refractivity (Wildman–Crippen MR) is 64.9 cm³/mol. The van der Waals surface area contributed by atoms with Gasteiger partial charge >= 0.3 is 5.97 Å². The van der Waals surface area contributed by atoms with Gasteiger partial charge in [0, 0.05) is 12.7 Å². The summed E-state index contributed by atoms with van der Waals surface area (Å²) in [5.41, 5.74) is 1.45. The van der Waals surface area contributed by atoms with Crippen LogP contribution in [0.5, 0.6) is 0 Å². The molecule has 0 spiro atoms. The molecule has 0 aliphatic rings. The summed E-state index contributed by atoms with van der Waals surface area (Å²) in [6.45, 7) is 11.2. The number of rotatable bonds is 3. The zero-order chi connectivity index (χ0) is 12.5. The topological polar surface area (TPSA) is 42.2 Å². The minimum atomic E-state index is -0.851. The van der Waals surface area contributed by atoms with Gasteiger partial charge in [-0.15, -0.1) is 0 Å². The third-order valence-corrected chi connectivity index (χ3v) is 2.54. The Morgan fingerprint density at radius 2 is 2.00 bits per heavy atom. The van der Waals surface area contributed by atoms with Crippen LogP contribution in [-0.2, 0) is 12.0 Å². The highest BCUT2D eigenvalue weighted by Crippen LogP contribution is 2.25. The molecule has 0 unspecified atom stereocenters. The second kappa shape index (κ2) is 4.32. The highest BCUT2D eigenvalue weighted by molar-refractivity contribution is 5.86. The molecule has 0 aliphatic heterocycles. The average Bonchev–Trinajstić information content (AvgIpc) is 2.45. The molecule has 1 aromatic heterocycles. The first kappa shape index (κ1) is 12.8. The van der Waals surface area contributed by atoms with E-state index < -0.39 is 5.97 Å². The second-order valence-electron chi connectivity index (χ2n) is 5.72. The van der Waals surface area contributed by atoms with Gasteiger partial charge < -0.3 is 9.67 Å². The Balaban J connectivity index is 3.15. The van der Waals surface area contributed by atoms with Crippen LogP contribution < -0.4 is 0 Å². The van der Waals surface area contributed by atoms with Gasteiger partial charge in [-0.25, -0.2) is 4.79 Å². The third kappa shape index (κ3) is 2.87. The van der Waals surface area contributed by atoms with Crippen LogP contribution in [0.3, 0.4) is 0 Å². The predicted octanol–water partition coefficient (Wildman–Crippen LogP) is 3.14. The van der Waals surface area contributed by atoms with Crippen molar-refractivity contribution in [1.29, 1.82) is 0 Å². The van der Waals surface area contributed by atoms with Crippen molar-refractivity contribution < 1.29 is 9.90 Å². The first-order valence-electron chi connectivity index (χ1n) is 5.65. The van der Waals surface area contributed by atoms with Gasteiger partial charge in [0.2, 0.25) is 0 Å². The minimum absolute atomic E-state index is 0.00751. The Bertz CT molecular complexity index is 383. The summed E-state index contributed by atoms with van der Waals surface area (Å²) >= 11 is 0. The third-order valence-electron chi connectivity index (χ3n) is 2.54. The highest BCUT2D eigenvalue weighted by atomic mass is 16.4. The molecule has 0 radical (unpaired) electrons. The zero-order valence-electron chi connectivity index (χ0n) is 10.7. The molecule has 1 N–H and O–H groups in total. The van der Waals surface area contributed by atoms with E-state index in [9.17, 15) is 4.79 Å². The molecular formula is C13H21NO2. The van der Waals surface area contributed by atoms with Crippen molar-refractivity contribution >= 4 is 5.97 Å². The summed E-state index contributed by atoms with van der Waals surface area (Å²) in [6, 6.07) is 1.78. The SMILES string of the molecule is CC(C)Cn1cc(C(C)(C)C)cc1C(=O)O. The largest absolute Gasteiger partial charge is 0.477 e. The Morgan fingerprint density at radius 1 is 1.44 bits per heavy atom. The van der Waals surface area contributed by atoms with Crippen LogP contribution in [0, 0.1) is 5.92 Å². The Labute approximate surface area is 97.1 Å². The summed E-state index contributed by atoms with van der Waals surface area (Å²) in [4.78, 5) is 11.1. The molecule has 16 heavy (non-hydrogen) atoms. The van der Waals surface area contributed by atoms with E-state index in [4.69, 9.17) is 5.11 Å². The molecule has 1 heterocycles. The van der Waals surface area contributed by atoms with Gasteiger partial charge in [0.05, 0.1) is 0 Å². The maximum absolute atomic E-state index is 11.1. The van der Waals surface area contributed by atoms with Crippen molar-refractivity contribution in [2.24, 2.45) is 5.92 Å². The van der Waals surface area contributed by atoms with Crippen LogP contribution >= 0.6 is 0 Å². The van der Waals surface area contributed by atoms with Crippen molar-refractivity contribution in [1.82, 2.24) is 4.57 Å². The molecule has 0 aromatic carbocycles. The molecule has 3 nitrogen and oxygen atoms in total. The maximum atomic E-state index is 11.1. The lowest BCUT2D eigenvalue weighted by Crippen LogP contribution is -2.11. The number of hydrogen-bond donors (Lipinski definition) is 1. The van der Waals surface area contributed by atoms with E-state index >= 15 is 0 Å². The normalized spacial score (nSPS) is 12.1. The zero-order valence-corrected chi connectivity index (χ0v) is 10.7. The summed E-state index contributed by atoms with van der Waals surface area (Å²) < 4.78 is 1.84. The standard InChI is InChI=1S/C13H21NO2/c1-9(2)7-14-8-10(13(3,4)5)6-11(14)12(15)16/h6,8-9H,7H2,1-5H3,(H,15,16). The lowest BCUT2D eigenvalue weighted by atomic mass is 9.89. The summed E-state index contributed by atoms with van der Waals surface area (Å²) in [7, 11) is 0. The molecule has 0 amide bonds. The molecule has 1 aromatic rings. The number of carbonyl (C=O) groups is 1. The number of aromatic nitrogens is 1. The number of hydrogen-bond acceptors (Lipinski definition) is 1. The molecule has 0 aliphatic carbocycles. The first-order valence-corrected chi connectivity index (χ1v) is 5.65. The fourth-order valence-electron chi connectivity index (χ4n) is 1.64. The van der Waals surface area contributed by atoms with Crippen molar-refractivity contribution in [3.63, 3.8) is 0 Å². The molecule has 1 rings (SSSR count). The van der Waals surface area contributed by atoms with Crippen molar-refractivity contribution in [2.75, 3.05) is 0 Å². The van der Waals surface area contributed by atoms with Gasteiger partial charge in [0.15, 0.2) is 0 Å².